The predicted octanol–water partition coefficient (Wildman–Crippen LogP) is 4.56. The second kappa shape index (κ2) is 7.57. The van der Waals surface area contributed by atoms with Crippen LogP contribution in [0.5, 0.6) is 0 Å². The van der Waals surface area contributed by atoms with Crippen LogP contribution in [-0.4, -0.2) is 14.1 Å². The van der Waals surface area contributed by atoms with Gasteiger partial charge in [0.2, 0.25) is 10.0 Å². The standard InChI is InChI=1S/C21H18FN3O3S2/c1-12-5-6-13-3-2-4-16(14(13)9-12)25-17-10-15(22)19(11-18(17)28-21(25)26)30(27)24-20-23-7-8-29-20/h5-11,16H,2-4H2,1H3,(H,23,24). The van der Waals surface area contributed by atoms with Gasteiger partial charge in [-0.2, -0.15) is 4.72 Å². The van der Waals surface area contributed by atoms with Gasteiger partial charge in [0.1, 0.15) is 11.4 Å². The third kappa shape index (κ3) is 3.32. The fourth-order valence-corrected chi connectivity index (χ4v) is 5.61. The van der Waals surface area contributed by atoms with Crippen molar-refractivity contribution in [1.29, 1.82) is 0 Å². The van der Waals surface area contributed by atoms with Gasteiger partial charge in [-0.1, -0.05) is 23.8 Å². The number of thiazole rings is 1. The molecule has 0 saturated heterocycles. The van der Waals surface area contributed by atoms with E-state index in [0.717, 1.165) is 30.4 Å². The minimum atomic E-state index is -1.87. The number of halogens is 1. The van der Waals surface area contributed by atoms with Crippen molar-refractivity contribution in [3.63, 3.8) is 0 Å². The molecule has 1 aliphatic rings. The molecule has 6 nitrogen and oxygen atoms in total. The van der Waals surface area contributed by atoms with E-state index in [1.807, 2.05) is 6.92 Å². The molecular formula is C21H18FN3O3S2. The van der Waals surface area contributed by atoms with E-state index in [4.69, 9.17) is 4.42 Å². The van der Waals surface area contributed by atoms with Gasteiger partial charge in [0.05, 0.1) is 11.6 Å². The molecule has 2 heterocycles. The van der Waals surface area contributed by atoms with E-state index < -0.39 is 22.9 Å². The number of fused-ring (bicyclic) bond motifs is 2. The Labute approximate surface area is 178 Å². The van der Waals surface area contributed by atoms with Gasteiger partial charge >= 0.3 is 5.76 Å². The average Bonchev–Trinajstić information content (AvgIpc) is 3.33. The molecule has 0 fully saturated rings. The van der Waals surface area contributed by atoms with Gasteiger partial charge in [-0.05, 0) is 37.3 Å². The van der Waals surface area contributed by atoms with Crippen molar-refractivity contribution in [1.82, 2.24) is 9.55 Å². The summed E-state index contributed by atoms with van der Waals surface area (Å²) in [6, 6.07) is 8.60. The molecule has 1 aliphatic carbocycles. The number of oxazole rings is 1. The summed E-state index contributed by atoms with van der Waals surface area (Å²) in [7, 11) is 0. The Kier molecular flexibility index (Phi) is 4.88. The Morgan fingerprint density at radius 2 is 2.23 bits per heavy atom. The van der Waals surface area contributed by atoms with Crippen LogP contribution in [0.1, 0.15) is 35.6 Å². The minimum Gasteiger partial charge on any atom is -0.588 e. The van der Waals surface area contributed by atoms with Gasteiger partial charge in [0.25, 0.3) is 0 Å². The summed E-state index contributed by atoms with van der Waals surface area (Å²) in [4.78, 5) is 16.7. The lowest BCUT2D eigenvalue weighted by molar-refractivity contribution is 0.437. The van der Waals surface area contributed by atoms with E-state index in [-0.39, 0.29) is 16.5 Å². The van der Waals surface area contributed by atoms with Crippen molar-refractivity contribution in [3.8, 4) is 0 Å². The first-order valence-electron chi connectivity index (χ1n) is 9.53. The monoisotopic (exact) mass is 443 g/mol. The van der Waals surface area contributed by atoms with Gasteiger partial charge < -0.3 is 8.97 Å². The van der Waals surface area contributed by atoms with Crippen LogP contribution in [0, 0.1) is 12.7 Å². The first-order chi connectivity index (χ1) is 14.5. The van der Waals surface area contributed by atoms with Crippen molar-refractivity contribution < 1.29 is 13.4 Å². The zero-order valence-electron chi connectivity index (χ0n) is 16.1. The molecule has 5 rings (SSSR count). The molecule has 1 N–H and O–H groups in total. The van der Waals surface area contributed by atoms with Gasteiger partial charge in [0.15, 0.2) is 11.4 Å². The minimum absolute atomic E-state index is 0.0847. The summed E-state index contributed by atoms with van der Waals surface area (Å²) >= 11 is -0.610. The van der Waals surface area contributed by atoms with Crippen LogP contribution in [0.3, 0.4) is 0 Å². The Morgan fingerprint density at radius 3 is 3.03 bits per heavy atom. The highest BCUT2D eigenvalue weighted by Gasteiger charge is 2.28. The van der Waals surface area contributed by atoms with Crippen molar-refractivity contribution in [2.24, 2.45) is 0 Å². The van der Waals surface area contributed by atoms with E-state index in [1.54, 1.807) is 11.6 Å². The van der Waals surface area contributed by atoms with E-state index >= 15 is 0 Å². The normalized spacial score (nSPS) is 17.1. The highest BCUT2D eigenvalue weighted by atomic mass is 32.2. The van der Waals surface area contributed by atoms with Crippen LogP contribution in [0.15, 0.2) is 56.0 Å². The molecule has 0 saturated carbocycles. The number of aromatic nitrogens is 2. The number of nitrogens with zero attached hydrogens (tertiary/aromatic N) is 2. The molecule has 2 unspecified atom stereocenters. The van der Waals surface area contributed by atoms with Crippen LogP contribution in [-0.2, 0) is 17.8 Å². The van der Waals surface area contributed by atoms with Gasteiger partial charge in [0, 0.05) is 23.7 Å². The molecule has 0 spiro atoms. The van der Waals surface area contributed by atoms with E-state index in [0.29, 0.717) is 10.6 Å². The second-order valence-electron chi connectivity index (χ2n) is 7.31. The molecule has 0 bridgehead atoms. The summed E-state index contributed by atoms with van der Waals surface area (Å²) in [5.74, 6) is -1.21. The fraction of sp³-hybridized carbons (Fsp3) is 0.238. The zero-order valence-corrected chi connectivity index (χ0v) is 17.7. The molecule has 9 heteroatoms. The first kappa shape index (κ1) is 19.3. The maximum Gasteiger partial charge on any atom is 0.420 e. The largest absolute Gasteiger partial charge is 0.588 e. The molecular weight excluding hydrogens is 425 g/mol. The van der Waals surface area contributed by atoms with Gasteiger partial charge in [-0.15, -0.1) is 11.3 Å². The highest BCUT2D eigenvalue weighted by Crippen LogP contribution is 2.35. The van der Waals surface area contributed by atoms with Crippen LogP contribution >= 0.6 is 11.3 Å². The number of anilines is 1. The molecule has 0 radical (unpaired) electrons. The molecule has 2 atom stereocenters. The quantitative estimate of drug-likeness (QED) is 0.468. The SMILES string of the molecule is Cc1ccc2c(c1)C(n1c(=O)oc3cc([S+]([O-])Nc4nccs4)c(F)cc31)CCC2. The fourth-order valence-electron chi connectivity index (χ4n) is 4.04. The Hall–Kier alpha value is -2.62. The first-order valence-corrected chi connectivity index (χ1v) is 11.6. The van der Waals surface area contributed by atoms with Crippen LogP contribution in [0.25, 0.3) is 11.1 Å². The number of hydrogen-bond acceptors (Lipinski definition) is 6. The van der Waals surface area contributed by atoms with Crippen molar-refractivity contribution in [2.75, 3.05) is 4.72 Å². The Bertz CT molecular complexity index is 1280. The smallest absolute Gasteiger partial charge is 0.420 e. The molecule has 154 valence electrons. The second-order valence-corrected chi connectivity index (χ2v) is 9.38. The number of benzene rings is 2. The summed E-state index contributed by atoms with van der Waals surface area (Å²) in [6.07, 6.45) is 4.22. The number of nitrogens with one attached hydrogen (secondary N) is 1. The Morgan fingerprint density at radius 1 is 1.37 bits per heavy atom. The lowest BCUT2D eigenvalue weighted by atomic mass is 9.86. The van der Waals surface area contributed by atoms with Crippen molar-refractivity contribution in [3.05, 3.63) is 75.0 Å². The summed E-state index contributed by atoms with van der Waals surface area (Å²) in [5.41, 5.74) is 3.96. The lowest BCUT2D eigenvalue weighted by Crippen LogP contribution is -2.25. The topological polar surface area (TPSA) is 83.1 Å². The van der Waals surface area contributed by atoms with Crippen molar-refractivity contribution >= 4 is 38.9 Å². The number of rotatable bonds is 4. The lowest BCUT2D eigenvalue weighted by Gasteiger charge is -2.26. The van der Waals surface area contributed by atoms with E-state index in [2.05, 4.69) is 27.9 Å². The van der Waals surface area contributed by atoms with Crippen LogP contribution in [0.4, 0.5) is 9.52 Å². The van der Waals surface area contributed by atoms with Crippen LogP contribution < -0.4 is 10.5 Å². The summed E-state index contributed by atoms with van der Waals surface area (Å²) in [6.45, 7) is 2.01. The molecule has 30 heavy (non-hydrogen) atoms. The molecule has 2 aromatic heterocycles. The van der Waals surface area contributed by atoms with Crippen LogP contribution in [0.2, 0.25) is 0 Å². The maximum atomic E-state index is 14.9. The van der Waals surface area contributed by atoms with Gasteiger partial charge in [-0.25, -0.2) is 14.2 Å². The molecule has 0 aliphatic heterocycles. The van der Waals surface area contributed by atoms with E-state index in [1.165, 1.54) is 33.6 Å². The highest BCUT2D eigenvalue weighted by molar-refractivity contribution is 7.93. The Balaban J connectivity index is 1.59. The average molecular weight is 444 g/mol. The third-order valence-corrected chi connectivity index (χ3v) is 7.28. The third-order valence-electron chi connectivity index (χ3n) is 5.37. The number of hydrogen-bond donors (Lipinski definition) is 1. The molecule has 0 amide bonds. The van der Waals surface area contributed by atoms with Crippen molar-refractivity contribution in [2.45, 2.75) is 37.1 Å². The number of aryl methyl sites for hydroxylation is 2. The zero-order chi connectivity index (χ0) is 20.8. The predicted molar refractivity (Wildman–Crippen MR) is 115 cm³/mol. The molecule has 4 aromatic rings. The van der Waals surface area contributed by atoms with E-state index in [9.17, 15) is 13.7 Å². The van der Waals surface area contributed by atoms with Gasteiger partial charge in [-0.3, -0.25) is 4.57 Å². The molecule has 2 aromatic carbocycles. The summed E-state index contributed by atoms with van der Waals surface area (Å²) in [5, 5.41) is 2.14. The maximum absolute atomic E-state index is 14.9. The summed E-state index contributed by atoms with van der Waals surface area (Å²) < 4.78 is 37.1.